The van der Waals surface area contributed by atoms with Gasteiger partial charge in [-0.25, -0.2) is 4.98 Å². The molecule has 0 amide bonds. The average Bonchev–Trinajstić information content (AvgIpc) is 2.93. The Morgan fingerprint density at radius 2 is 2.32 bits per heavy atom. The van der Waals surface area contributed by atoms with Gasteiger partial charge in [-0.05, 0) is 24.1 Å². The van der Waals surface area contributed by atoms with Crippen LogP contribution >= 0.6 is 22.9 Å². The minimum Gasteiger partial charge on any atom is -0.324 e. The van der Waals surface area contributed by atoms with Gasteiger partial charge in [0.25, 0.3) is 0 Å². The van der Waals surface area contributed by atoms with E-state index in [2.05, 4.69) is 4.98 Å². The van der Waals surface area contributed by atoms with Gasteiger partial charge in [0.2, 0.25) is 0 Å². The maximum atomic E-state index is 6.28. The van der Waals surface area contributed by atoms with Crippen LogP contribution in [-0.4, -0.2) is 9.38 Å². The third kappa shape index (κ3) is 2.39. The first-order chi connectivity index (χ1) is 9.15. The molecule has 0 bridgehead atoms. The van der Waals surface area contributed by atoms with Gasteiger partial charge in [0.1, 0.15) is 0 Å². The highest BCUT2D eigenvalue weighted by atomic mass is 35.5. The van der Waals surface area contributed by atoms with E-state index in [1.807, 2.05) is 47.3 Å². The third-order valence-electron chi connectivity index (χ3n) is 3.28. The van der Waals surface area contributed by atoms with E-state index < -0.39 is 0 Å². The summed E-state index contributed by atoms with van der Waals surface area (Å²) in [6.07, 6.45) is 4.76. The molecule has 0 aliphatic rings. The lowest BCUT2D eigenvalue weighted by molar-refractivity contribution is 0.705. The van der Waals surface area contributed by atoms with Gasteiger partial charge < -0.3 is 5.73 Å². The van der Waals surface area contributed by atoms with Crippen LogP contribution in [0.4, 0.5) is 0 Å². The van der Waals surface area contributed by atoms with Gasteiger partial charge in [0.05, 0.1) is 5.69 Å². The van der Waals surface area contributed by atoms with Gasteiger partial charge in [-0.1, -0.05) is 23.7 Å². The van der Waals surface area contributed by atoms with Crippen LogP contribution in [0.1, 0.15) is 22.9 Å². The smallest absolute Gasteiger partial charge is 0.193 e. The quantitative estimate of drug-likeness (QED) is 0.801. The Hall–Kier alpha value is -1.36. The number of hydrogen-bond acceptors (Lipinski definition) is 3. The summed E-state index contributed by atoms with van der Waals surface area (Å²) in [5.74, 6) is 0. The number of halogens is 1. The number of thiazole rings is 1. The van der Waals surface area contributed by atoms with Crippen molar-refractivity contribution in [1.29, 1.82) is 0 Å². The first-order valence-corrected chi connectivity index (χ1v) is 7.32. The van der Waals surface area contributed by atoms with Crippen LogP contribution in [0.25, 0.3) is 4.96 Å². The van der Waals surface area contributed by atoms with E-state index in [4.69, 9.17) is 17.3 Å². The van der Waals surface area contributed by atoms with E-state index >= 15 is 0 Å². The molecule has 1 unspecified atom stereocenters. The molecule has 1 aromatic carbocycles. The van der Waals surface area contributed by atoms with Gasteiger partial charge in [-0.2, -0.15) is 0 Å². The van der Waals surface area contributed by atoms with E-state index in [9.17, 15) is 0 Å². The van der Waals surface area contributed by atoms with Crippen LogP contribution in [0.2, 0.25) is 5.02 Å². The standard InChI is InChI=1S/C14H14ClN3S/c1-9-11(3-2-4-12(9)15)13(16)7-10-8-18-5-6-19-14(18)17-10/h2-6,8,13H,7,16H2,1H3. The summed E-state index contributed by atoms with van der Waals surface area (Å²) in [5, 5.41) is 2.78. The highest BCUT2D eigenvalue weighted by molar-refractivity contribution is 7.15. The molecule has 98 valence electrons. The first-order valence-electron chi connectivity index (χ1n) is 6.07. The summed E-state index contributed by atoms with van der Waals surface area (Å²) in [7, 11) is 0. The monoisotopic (exact) mass is 291 g/mol. The van der Waals surface area contributed by atoms with Crippen LogP contribution in [0.5, 0.6) is 0 Å². The topological polar surface area (TPSA) is 43.3 Å². The van der Waals surface area contributed by atoms with Crippen molar-refractivity contribution in [1.82, 2.24) is 9.38 Å². The fraction of sp³-hybridized carbons (Fsp3) is 0.214. The molecule has 0 aliphatic heterocycles. The largest absolute Gasteiger partial charge is 0.324 e. The molecule has 0 aliphatic carbocycles. The SMILES string of the molecule is Cc1c(Cl)cccc1C(N)Cc1cn2ccsc2n1. The number of imidazole rings is 1. The Kier molecular flexibility index (Phi) is 3.31. The fourth-order valence-electron chi connectivity index (χ4n) is 2.24. The van der Waals surface area contributed by atoms with Crippen molar-refractivity contribution < 1.29 is 0 Å². The predicted octanol–water partition coefficient (Wildman–Crippen LogP) is 3.60. The molecule has 0 saturated heterocycles. The molecule has 3 rings (SSSR count). The minimum absolute atomic E-state index is 0.0803. The Morgan fingerprint density at radius 3 is 3.11 bits per heavy atom. The predicted molar refractivity (Wildman–Crippen MR) is 79.9 cm³/mol. The summed E-state index contributed by atoms with van der Waals surface area (Å²) >= 11 is 7.76. The molecule has 2 aromatic heterocycles. The van der Waals surface area contributed by atoms with Crippen molar-refractivity contribution >= 4 is 27.9 Å². The molecule has 0 fully saturated rings. The average molecular weight is 292 g/mol. The zero-order valence-corrected chi connectivity index (χ0v) is 12.1. The van der Waals surface area contributed by atoms with Crippen molar-refractivity contribution in [3.63, 3.8) is 0 Å². The van der Waals surface area contributed by atoms with Gasteiger partial charge in [-0.3, -0.25) is 4.40 Å². The molecule has 1 atom stereocenters. The molecular weight excluding hydrogens is 278 g/mol. The van der Waals surface area contributed by atoms with E-state index in [-0.39, 0.29) is 6.04 Å². The zero-order valence-electron chi connectivity index (χ0n) is 10.5. The number of nitrogens with zero attached hydrogens (tertiary/aromatic N) is 2. The van der Waals surface area contributed by atoms with Gasteiger partial charge in [0, 0.05) is 35.3 Å². The van der Waals surface area contributed by atoms with Crippen LogP contribution in [0.3, 0.4) is 0 Å². The number of hydrogen-bond donors (Lipinski definition) is 1. The lowest BCUT2D eigenvalue weighted by Crippen LogP contribution is -2.15. The third-order valence-corrected chi connectivity index (χ3v) is 4.46. The molecule has 0 radical (unpaired) electrons. The molecule has 2 N–H and O–H groups in total. The molecule has 19 heavy (non-hydrogen) atoms. The molecule has 2 heterocycles. The van der Waals surface area contributed by atoms with Crippen LogP contribution in [0.15, 0.2) is 36.0 Å². The van der Waals surface area contributed by atoms with Gasteiger partial charge in [-0.15, -0.1) is 11.3 Å². The lowest BCUT2D eigenvalue weighted by Gasteiger charge is -2.14. The van der Waals surface area contributed by atoms with E-state index in [0.717, 1.165) is 33.2 Å². The molecule has 0 saturated carbocycles. The second-order valence-electron chi connectivity index (χ2n) is 4.59. The fourth-order valence-corrected chi connectivity index (χ4v) is 3.14. The summed E-state index contributed by atoms with van der Waals surface area (Å²) in [6, 6.07) is 5.78. The highest BCUT2D eigenvalue weighted by Crippen LogP contribution is 2.25. The molecule has 0 spiro atoms. The van der Waals surface area contributed by atoms with Crippen molar-refractivity contribution in [2.24, 2.45) is 5.73 Å². The second-order valence-corrected chi connectivity index (χ2v) is 5.87. The Labute approximate surface area is 120 Å². The summed E-state index contributed by atoms with van der Waals surface area (Å²) in [4.78, 5) is 5.56. The Bertz CT molecular complexity index is 688. The number of fused-ring (bicyclic) bond motifs is 1. The zero-order chi connectivity index (χ0) is 13.4. The van der Waals surface area contributed by atoms with E-state index in [1.54, 1.807) is 11.3 Å². The Morgan fingerprint density at radius 1 is 1.47 bits per heavy atom. The number of aromatic nitrogens is 2. The van der Waals surface area contributed by atoms with E-state index in [0.29, 0.717) is 0 Å². The number of rotatable bonds is 3. The van der Waals surface area contributed by atoms with Gasteiger partial charge in [0.15, 0.2) is 4.96 Å². The van der Waals surface area contributed by atoms with Crippen molar-refractivity contribution in [2.75, 3.05) is 0 Å². The normalized spacial score (nSPS) is 13.0. The van der Waals surface area contributed by atoms with Crippen molar-refractivity contribution in [2.45, 2.75) is 19.4 Å². The summed E-state index contributed by atoms with van der Waals surface area (Å²) < 4.78 is 2.03. The number of nitrogens with two attached hydrogens (primary N) is 1. The Balaban J connectivity index is 1.86. The number of benzene rings is 1. The minimum atomic E-state index is -0.0803. The maximum absolute atomic E-state index is 6.28. The van der Waals surface area contributed by atoms with Crippen molar-refractivity contribution in [3.8, 4) is 0 Å². The maximum Gasteiger partial charge on any atom is 0.193 e. The van der Waals surface area contributed by atoms with Crippen molar-refractivity contribution in [3.05, 3.63) is 57.8 Å². The second kappa shape index (κ2) is 4.96. The lowest BCUT2D eigenvalue weighted by atomic mass is 9.98. The molecule has 3 aromatic rings. The molecule has 5 heteroatoms. The van der Waals surface area contributed by atoms with Crippen LogP contribution < -0.4 is 5.73 Å². The van der Waals surface area contributed by atoms with Crippen LogP contribution in [0, 0.1) is 6.92 Å². The van der Waals surface area contributed by atoms with Crippen LogP contribution in [-0.2, 0) is 6.42 Å². The van der Waals surface area contributed by atoms with E-state index in [1.165, 1.54) is 0 Å². The first kappa shape index (κ1) is 12.7. The summed E-state index contributed by atoms with van der Waals surface area (Å²) in [5.41, 5.74) is 9.44. The molecular formula is C14H14ClN3S. The van der Waals surface area contributed by atoms with Gasteiger partial charge >= 0.3 is 0 Å². The summed E-state index contributed by atoms with van der Waals surface area (Å²) in [6.45, 7) is 2.00. The molecule has 3 nitrogen and oxygen atoms in total. The highest BCUT2D eigenvalue weighted by Gasteiger charge is 2.13.